The summed E-state index contributed by atoms with van der Waals surface area (Å²) < 4.78 is 5.43. The third-order valence-corrected chi connectivity index (χ3v) is 4.64. The number of carbonyl (C=O) groups excluding carboxylic acids is 1. The zero-order valence-electron chi connectivity index (χ0n) is 14.5. The number of hydrogen-bond donors (Lipinski definition) is 1. The van der Waals surface area contributed by atoms with E-state index in [0.717, 1.165) is 28.1 Å². The predicted molar refractivity (Wildman–Crippen MR) is 104 cm³/mol. The standard InChI is InChI=1S/C20H20N2O2S/c1-4-24-16-9-7-15(8-10-16)12-18-19(23)22-20(25-18)21-17-11-13(2)5-6-14(17)3/h5-12H,4H2,1-3H3,(H,21,22,23). The molecule has 1 aliphatic heterocycles. The van der Waals surface area contributed by atoms with E-state index in [2.05, 4.69) is 16.4 Å². The van der Waals surface area contributed by atoms with E-state index in [1.807, 2.05) is 63.2 Å². The smallest absolute Gasteiger partial charge is 0.264 e. The number of rotatable bonds is 4. The molecule has 0 atom stereocenters. The first kappa shape index (κ1) is 17.3. The van der Waals surface area contributed by atoms with Crippen molar-refractivity contribution in [3.8, 4) is 5.75 Å². The maximum absolute atomic E-state index is 12.2. The Bertz CT molecular complexity index is 854. The molecule has 1 aliphatic rings. The van der Waals surface area contributed by atoms with Gasteiger partial charge in [-0.05, 0) is 73.5 Å². The van der Waals surface area contributed by atoms with Crippen molar-refractivity contribution >= 4 is 34.6 Å². The average molecular weight is 352 g/mol. The Morgan fingerprint density at radius 1 is 1.16 bits per heavy atom. The molecule has 0 aliphatic carbocycles. The highest BCUT2D eigenvalue weighted by Gasteiger charge is 2.23. The molecule has 0 saturated carbocycles. The molecule has 1 amide bonds. The first-order chi connectivity index (χ1) is 12.0. The Hall–Kier alpha value is -2.53. The van der Waals surface area contributed by atoms with Gasteiger partial charge < -0.3 is 10.1 Å². The largest absolute Gasteiger partial charge is 0.494 e. The number of thioether (sulfide) groups is 1. The minimum Gasteiger partial charge on any atom is -0.494 e. The van der Waals surface area contributed by atoms with Crippen molar-refractivity contribution in [2.75, 3.05) is 6.61 Å². The second-order valence-corrected chi connectivity index (χ2v) is 6.80. The van der Waals surface area contributed by atoms with Gasteiger partial charge in [-0.2, -0.15) is 0 Å². The van der Waals surface area contributed by atoms with Crippen LogP contribution in [0.5, 0.6) is 5.75 Å². The third kappa shape index (κ3) is 4.31. The van der Waals surface area contributed by atoms with Crippen LogP contribution in [0.15, 0.2) is 52.4 Å². The monoisotopic (exact) mass is 352 g/mol. The molecule has 5 heteroatoms. The lowest BCUT2D eigenvalue weighted by Gasteiger charge is -2.02. The summed E-state index contributed by atoms with van der Waals surface area (Å²) in [5.74, 6) is 0.702. The quantitative estimate of drug-likeness (QED) is 0.819. The molecule has 0 radical (unpaired) electrons. The van der Waals surface area contributed by atoms with E-state index in [0.29, 0.717) is 16.7 Å². The first-order valence-corrected chi connectivity index (χ1v) is 8.96. The maximum Gasteiger partial charge on any atom is 0.264 e. The van der Waals surface area contributed by atoms with Gasteiger partial charge in [0.2, 0.25) is 0 Å². The number of ether oxygens (including phenoxy) is 1. The molecule has 0 unspecified atom stereocenters. The lowest BCUT2D eigenvalue weighted by atomic mass is 10.1. The molecule has 1 fully saturated rings. The zero-order valence-corrected chi connectivity index (χ0v) is 15.3. The van der Waals surface area contributed by atoms with Gasteiger partial charge in [0.15, 0.2) is 5.17 Å². The molecule has 1 saturated heterocycles. The van der Waals surface area contributed by atoms with Crippen LogP contribution in [0.3, 0.4) is 0 Å². The van der Waals surface area contributed by atoms with Crippen molar-refractivity contribution in [2.24, 2.45) is 4.99 Å². The van der Waals surface area contributed by atoms with Gasteiger partial charge in [-0.15, -0.1) is 0 Å². The van der Waals surface area contributed by atoms with Gasteiger partial charge in [0.1, 0.15) is 5.75 Å². The van der Waals surface area contributed by atoms with E-state index < -0.39 is 0 Å². The van der Waals surface area contributed by atoms with Crippen LogP contribution in [0.25, 0.3) is 6.08 Å². The minimum absolute atomic E-state index is 0.122. The Balaban J connectivity index is 1.80. The van der Waals surface area contributed by atoms with Crippen molar-refractivity contribution in [3.05, 3.63) is 64.1 Å². The van der Waals surface area contributed by atoms with Crippen LogP contribution < -0.4 is 10.1 Å². The number of benzene rings is 2. The van der Waals surface area contributed by atoms with Crippen LogP contribution in [0, 0.1) is 13.8 Å². The molecular formula is C20H20N2O2S. The number of aryl methyl sites for hydroxylation is 2. The van der Waals surface area contributed by atoms with E-state index in [-0.39, 0.29) is 5.91 Å². The fourth-order valence-corrected chi connectivity index (χ4v) is 3.24. The summed E-state index contributed by atoms with van der Waals surface area (Å²) in [5.41, 5.74) is 4.06. The Morgan fingerprint density at radius 2 is 1.92 bits per heavy atom. The first-order valence-electron chi connectivity index (χ1n) is 8.15. The maximum atomic E-state index is 12.2. The molecule has 3 rings (SSSR count). The highest BCUT2D eigenvalue weighted by atomic mass is 32.2. The number of aliphatic imine (C=N–C) groups is 1. The van der Waals surface area contributed by atoms with Crippen LogP contribution in [-0.2, 0) is 4.79 Å². The summed E-state index contributed by atoms with van der Waals surface area (Å²) in [6, 6.07) is 13.8. The van der Waals surface area contributed by atoms with Gasteiger partial charge in [0.25, 0.3) is 5.91 Å². The molecule has 128 valence electrons. The van der Waals surface area contributed by atoms with E-state index in [4.69, 9.17) is 4.74 Å². The van der Waals surface area contributed by atoms with Crippen LogP contribution in [-0.4, -0.2) is 17.7 Å². The van der Waals surface area contributed by atoms with Crippen LogP contribution >= 0.6 is 11.8 Å². The zero-order chi connectivity index (χ0) is 17.8. The lowest BCUT2D eigenvalue weighted by molar-refractivity contribution is -0.115. The van der Waals surface area contributed by atoms with Gasteiger partial charge in [0.05, 0.1) is 17.2 Å². The van der Waals surface area contributed by atoms with E-state index in [1.165, 1.54) is 11.8 Å². The highest BCUT2D eigenvalue weighted by molar-refractivity contribution is 8.18. The number of nitrogens with zero attached hydrogens (tertiary/aromatic N) is 1. The summed E-state index contributed by atoms with van der Waals surface area (Å²) in [6.45, 7) is 6.63. The molecule has 1 heterocycles. The molecule has 2 aromatic carbocycles. The molecule has 0 bridgehead atoms. The second-order valence-electron chi connectivity index (χ2n) is 5.77. The van der Waals surface area contributed by atoms with E-state index in [1.54, 1.807) is 0 Å². The van der Waals surface area contributed by atoms with Crippen molar-refractivity contribution < 1.29 is 9.53 Å². The molecular weight excluding hydrogens is 332 g/mol. The lowest BCUT2D eigenvalue weighted by Crippen LogP contribution is -2.19. The summed E-state index contributed by atoms with van der Waals surface area (Å²) in [5, 5.41) is 3.44. The minimum atomic E-state index is -0.122. The average Bonchev–Trinajstić information content (AvgIpc) is 2.92. The number of nitrogens with one attached hydrogen (secondary N) is 1. The van der Waals surface area contributed by atoms with Gasteiger partial charge in [-0.25, -0.2) is 4.99 Å². The number of amides is 1. The topological polar surface area (TPSA) is 50.7 Å². The van der Waals surface area contributed by atoms with E-state index in [9.17, 15) is 4.79 Å². The van der Waals surface area contributed by atoms with Crippen molar-refractivity contribution in [3.63, 3.8) is 0 Å². The van der Waals surface area contributed by atoms with Crippen molar-refractivity contribution in [2.45, 2.75) is 20.8 Å². The summed E-state index contributed by atoms with van der Waals surface area (Å²) >= 11 is 1.36. The molecule has 2 aromatic rings. The van der Waals surface area contributed by atoms with E-state index >= 15 is 0 Å². The fourth-order valence-electron chi connectivity index (χ4n) is 2.41. The number of amidine groups is 1. The predicted octanol–water partition coefficient (Wildman–Crippen LogP) is 4.59. The van der Waals surface area contributed by atoms with Crippen molar-refractivity contribution in [1.29, 1.82) is 0 Å². The Kier molecular flexibility index (Phi) is 5.24. The summed E-state index contributed by atoms with van der Waals surface area (Å²) in [7, 11) is 0. The molecule has 0 aromatic heterocycles. The van der Waals surface area contributed by atoms with Gasteiger partial charge in [-0.1, -0.05) is 24.3 Å². The molecule has 1 N–H and O–H groups in total. The van der Waals surface area contributed by atoms with Crippen LogP contribution in [0.2, 0.25) is 0 Å². The molecule has 4 nitrogen and oxygen atoms in total. The Morgan fingerprint density at radius 3 is 2.64 bits per heavy atom. The fraction of sp³-hybridized carbons (Fsp3) is 0.200. The summed E-state index contributed by atoms with van der Waals surface area (Å²) in [6.07, 6.45) is 1.86. The van der Waals surface area contributed by atoms with Gasteiger partial charge >= 0.3 is 0 Å². The van der Waals surface area contributed by atoms with Gasteiger partial charge in [0, 0.05) is 0 Å². The Labute approximate surface area is 152 Å². The van der Waals surface area contributed by atoms with Gasteiger partial charge in [-0.3, -0.25) is 4.79 Å². The molecule has 0 spiro atoms. The van der Waals surface area contributed by atoms with Crippen LogP contribution in [0.4, 0.5) is 5.69 Å². The highest BCUT2D eigenvalue weighted by Crippen LogP contribution is 2.29. The number of hydrogen-bond acceptors (Lipinski definition) is 4. The molecule has 25 heavy (non-hydrogen) atoms. The third-order valence-electron chi connectivity index (χ3n) is 3.73. The summed E-state index contributed by atoms with van der Waals surface area (Å²) in [4.78, 5) is 17.4. The normalized spacial score (nSPS) is 17.2. The van der Waals surface area contributed by atoms with Crippen LogP contribution in [0.1, 0.15) is 23.6 Å². The van der Waals surface area contributed by atoms with Crippen molar-refractivity contribution in [1.82, 2.24) is 5.32 Å². The second kappa shape index (κ2) is 7.57. The SMILES string of the molecule is CCOc1ccc(C=C2SC(=Nc3cc(C)ccc3C)NC2=O)cc1. The number of carbonyl (C=O) groups is 1.